The van der Waals surface area contributed by atoms with E-state index in [0.717, 1.165) is 11.8 Å². The van der Waals surface area contributed by atoms with Crippen molar-refractivity contribution in [1.82, 2.24) is 15.0 Å². The van der Waals surface area contributed by atoms with Crippen molar-refractivity contribution in [2.75, 3.05) is 0 Å². The van der Waals surface area contributed by atoms with Gasteiger partial charge in [-0.15, -0.1) is 0 Å². The number of aromatic nitrogens is 3. The van der Waals surface area contributed by atoms with Crippen LogP contribution in [0.1, 0.15) is 35.9 Å². The zero-order chi connectivity index (χ0) is 14.7. The first-order chi connectivity index (χ1) is 9.47. The number of hydrogen-bond donors (Lipinski definition) is 2. The van der Waals surface area contributed by atoms with Gasteiger partial charge in [-0.2, -0.15) is 0 Å². The molecule has 0 atom stereocenters. The summed E-state index contributed by atoms with van der Waals surface area (Å²) in [5.41, 5.74) is -0.176. The van der Waals surface area contributed by atoms with Gasteiger partial charge in [0, 0.05) is 18.2 Å². The molecule has 0 fully saturated rings. The lowest BCUT2D eigenvalue weighted by molar-refractivity contribution is 0.0692. The normalized spacial score (nSPS) is 10.8. The van der Waals surface area contributed by atoms with E-state index in [1.807, 2.05) is 13.8 Å². The van der Waals surface area contributed by atoms with E-state index < -0.39 is 5.97 Å². The van der Waals surface area contributed by atoms with Crippen LogP contribution < -0.4 is 5.56 Å². The summed E-state index contributed by atoms with van der Waals surface area (Å²) < 4.78 is 0. The third-order valence-electron chi connectivity index (χ3n) is 2.49. The lowest BCUT2D eigenvalue weighted by Crippen LogP contribution is -2.12. The van der Waals surface area contributed by atoms with Gasteiger partial charge in [-0.1, -0.05) is 13.8 Å². The maximum atomic E-state index is 11.6. The quantitative estimate of drug-likeness (QED) is 0.838. The van der Waals surface area contributed by atoms with Crippen LogP contribution in [0.5, 0.6) is 0 Å². The Balaban J connectivity index is 2.40. The first-order valence-corrected chi connectivity index (χ1v) is 6.76. The Labute approximate surface area is 119 Å². The second-order valence-electron chi connectivity index (χ2n) is 4.39. The number of nitrogens with zero attached hydrogens (tertiary/aromatic N) is 2. The van der Waals surface area contributed by atoms with E-state index in [2.05, 4.69) is 15.0 Å². The van der Waals surface area contributed by atoms with Crippen LogP contribution in [0.4, 0.5) is 0 Å². The lowest BCUT2D eigenvalue weighted by Gasteiger charge is -2.07. The molecule has 7 heteroatoms. The molecule has 2 aromatic heterocycles. The van der Waals surface area contributed by atoms with E-state index in [-0.39, 0.29) is 17.0 Å². The summed E-state index contributed by atoms with van der Waals surface area (Å²) in [6.45, 7) is 3.83. The Hall–Kier alpha value is -2.15. The smallest absolute Gasteiger partial charge is 0.338 e. The molecule has 0 aliphatic heterocycles. The zero-order valence-corrected chi connectivity index (χ0v) is 11.8. The fourth-order valence-electron chi connectivity index (χ4n) is 1.51. The summed E-state index contributed by atoms with van der Waals surface area (Å²) in [7, 11) is 0. The number of pyridine rings is 1. The summed E-state index contributed by atoms with van der Waals surface area (Å²) in [4.78, 5) is 33.7. The predicted octanol–water partition coefficient (Wildman–Crippen LogP) is 2.14. The number of aromatic carboxylic acids is 1. The number of carboxylic acids is 1. The summed E-state index contributed by atoms with van der Waals surface area (Å²) >= 11 is 1.07. The molecule has 2 N–H and O–H groups in total. The molecule has 0 radical (unpaired) electrons. The molecule has 0 amide bonds. The van der Waals surface area contributed by atoms with Gasteiger partial charge in [0.25, 0.3) is 5.56 Å². The van der Waals surface area contributed by atoms with E-state index in [1.165, 1.54) is 18.3 Å². The standard InChI is InChI=1S/C13H13N3O3S/c1-7(2)11-15-9(17)6-10(16-11)20-12-8(13(18)19)4-3-5-14-12/h3-7H,1-2H3,(H,18,19)(H,15,16,17). The van der Waals surface area contributed by atoms with Crippen LogP contribution in [-0.4, -0.2) is 26.0 Å². The Morgan fingerprint density at radius 1 is 1.45 bits per heavy atom. The molecule has 20 heavy (non-hydrogen) atoms. The third kappa shape index (κ3) is 3.24. The molecule has 0 unspecified atom stereocenters. The molecule has 6 nitrogen and oxygen atoms in total. The Kier molecular flexibility index (Phi) is 4.19. The van der Waals surface area contributed by atoms with Gasteiger partial charge in [-0.3, -0.25) is 4.79 Å². The fraction of sp³-hybridized carbons (Fsp3) is 0.231. The van der Waals surface area contributed by atoms with E-state index in [1.54, 1.807) is 6.07 Å². The number of H-pyrrole nitrogens is 1. The van der Waals surface area contributed by atoms with Crippen molar-refractivity contribution in [3.05, 3.63) is 46.1 Å². The first kappa shape index (κ1) is 14.3. The maximum absolute atomic E-state index is 11.6. The van der Waals surface area contributed by atoms with Gasteiger partial charge in [0.1, 0.15) is 15.9 Å². The van der Waals surface area contributed by atoms with E-state index in [9.17, 15) is 9.59 Å². The molecular formula is C13H13N3O3S. The highest BCUT2D eigenvalue weighted by Crippen LogP contribution is 2.26. The zero-order valence-electron chi connectivity index (χ0n) is 11.0. The molecule has 0 aliphatic rings. The average Bonchev–Trinajstić information content (AvgIpc) is 2.38. The Morgan fingerprint density at radius 3 is 2.85 bits per heavy atom. The summed E-state index contributed by atoms with van der Waals surface area (Å²) in [5, 5.41) is 9.84. The van der Waals surface area contributed by atoms with Gasteiger partial charge < -0.3 is 10.1 Å². The number of rotatable bonds is 4. The summed E-state index contributed by atoms with van der Waals surface area (Å²) in [5.74, 6) is -0.423. The summed E-state index contributed by atoms with van der Waals surface area (Å²) in [6, 6.07) is 4.35. The molecular weight excluding hydrogens is 278 g/mol. The number of nitrogens with one attached hydrogen (secondary N) is 1. The van der Waals surface area contributed by atoms with Crippen LogP contribution in [0.25, 0.3) is 0 Å². The minimum atomic E-state index is -1.06. The third-order valence-corrected chi connectivity index (χ3v) is 3.42. The predicted molar refractivity (Wildman–Crippen MR) is 74.3 cm³/mol. The number of hydrogen-bond acceptors (Lipinski definition) is 5. The van der Waals surface area contributed by atoms with Crippen molar-refractivity contribution < 1.29 is 9.90 Å². The second-order valence-corrected chi connectivity index (χ2v) is 5.40. The molecule has 0 aliphatic carbocycles. The number of carboxylic acid groups (broad SMARTS) is 1. The van der Waals surface area contributed by atoms with Crippen molar-refractivity contribution >= 4 is 17.7 Å². The topological polar surface area (TPSA) is 95.9 Å². The van der Waals surface area contributed by atoms with Crippen molar-refractivity contribution in [3.8, 4) is 0 Å². The number of carbonyl (C=O) groups is 1. The molecule has 2 heterocycles. The fourth-order valence-corrected chi connectivity index (χ4v) is 2.40. The van der Waals surface area contributed by atoms with Crippen molar-refractivity contribution in [1.29, 1.82) is 0 Å². The van der Waals surface area contributed by atoms with Crippen LogP contribution >= 0.6 is 11.8 Å². The maximum Gasteiger partial charge on any atom is 0.338 e. The van der Waals surface area contributed by atoms with E-state index in [4.69, 9.17) is 5.11 Å². The minimum absolute atomic E-state index is 0.0749. The molecule has 2 rings (SSSR count). The number of aromatic amines is 1. The van der Waals surface area contributed by atoms with Crippen LogP contribution in [0.3, 0.4) is 0 Å². The highest BCUT2D eigenvalue weighted by Gasteiger charge is 2.14. The van der Waals surface area contributed by atoms with Crippen LogP contribution in [0.2, 0.25) is 0 Å². The molecule has 2 aromatic rings. The van der Waals surface area contributed by atoms with Gasteiger partial charge in [0.15, 0.2) is 0 Å². The van der Waals surface area contributed by atoms with E-state index >= 15 is 0 Å². The van der Waals surface area contributed by atoms with Crippen molar-refractivity contribution in [2.45, 2.75) is 29.8 Å². The molecule has 0 saturated heterocycles. The van der Waals surface area contributed by atoms with Gasteiger partial charge in [0.2, 0.25) is 0 Å². The van der Waals surface area contributed by atoms with Crippen LogP contribution in [-0.2, 0) is 0 Å². The molecule has 104 valence electrons. The van der Waals surface area contributed by atoms with Crippen LogP contribution in [0.15, 0.2) is 39.2 Å². The van der Waals surface area contributed by atoms with Crippen molar-refractivity contribution in [2.24, 2.45) is 0 Å². The van der Waals surface area contributed by atoms with Crippen molar-refractivity contribution in [3.63, 3.8) is 0 Å². The summed E-state index contributed by atoms with van der Waals surface area (Å²) in [6.07, 6.45) is 1.51. The minimum Gasteiger partial charge on any atom is -0.478 e. The highest BCUT2D eigenvalue weighted by molar-refractivity contribution is 7.99. The Bertz CT molecular complexity index is 697. The van der Waals surface area contributed by atoms with E-state index in [0.29, 0.717) is 15.9 Å². The van der Waals surface area contributed by atoms with Gasteiger partial charge >= 0.3 is 5.97 Å². The largest absolute Gasteiger partial charge is 0.478 e. The molecule has 0 aromatic carbocycles. The Morgan fingerprint density at radius 2 is 2.20 bits per heavy atom. The molecule has 0 spiro atoms. The average molecular weight is 291 g/mol. The SMILES string of the molecule is CC(C)c1nc(Sc2ncccc2C(=O)O)cc(=O)[nH]1. The van der Waals surface area contributed by atoms with Gasteiger partial charge in [-0.05, 0) is 23.9 Å². The molecule has 0 saturated carbocycles. The first-order valence-electron chi connectivity index (χ1n) is 5.95. The van der Waals surface area contributed by atoms with Gasteiger partial charge in [0.05, 0.1) is 5.56 Å². The van der Waals surface area contributed by atoms with Crippen LogP contribution in [0, 0.1) is 0 Å². The van der Waals surface area contributed by atoms with Gasteiger partial charge in [-0.25, -0.2) is 14.8 Å². The highest BCUT2D eigenvalue weighted by atomic mass is 32.2. The second kappa shape index (κ2) is 5.87. The monoisotopic (exact) mass is 291 g/mol. The lowest BCUT2D eigenvalue weighted by atomic mass is 10.2. The molecule has 0 bridgehead atoms.